The van der Waals surface area contributed by atoms with Crippen molar-refractivity contribution in [3.05, 3.63) is 48.0 Å². The molecule has 7 heteroatoms. The second kappa shape index (κ2) is 11.9. The Morgan fingerprint density at radius 2 is 1.97 bits per heavy atom. The Labute approximate surface area is 172 Å². The van der Waals surface area contributed by atoms with Crippen molar-refractivity contribution in [3.8, 4) is 11.8 Å². The SMILES string of the molecule is O=C1CCCC[C@H](C=CC(O)Cc2ccccc2)N1CC#CCCCP(=O)(O)O. The molecule has 6 nitrogen and oxygen atoms in total. The lowest BCUT2D eigenvalue weighted by Crippen LogP contribution is -2.38. The van der Waals surface area contributed by atoms with Crippen molar-refractivity contribution in [1.82, 2.24) is 4.90 Å². The van der Waals surface area contributed by atoms with E-state index < -0.39 is 13.7 Å². The van der Waals surface area contributed by atoms with Crippen LogP contribution in [0.3, 0.4) is 0 Å². The van der Waals surface area contributed by atoms with Crippen LogP contribution in [0.2, 0.25) is 0 Å². The van der Waals surface area contributed by atoms with Gasteiger partial charge in [0, 0.05) is 19.3 Å². The van der Waals surface area contributed by atoms with E-state index in [1.165, 1.54) is 0 Å². The molecule has 1 unspecified atom stereocenters. The van der Waals surface area contributed by atoms with Crippen molar-refractivity contribution >= 4 is 13.5 Å². The quantitative estimate of drug-likeness (QED) is 0.261. The maximum absolute atomic E-state index is 12.5. The van der Waals surface area contributed by atoms with Crippen molar-refractivity contribution in [3.63, 3.8) is 0 Å². The van der Waals surface area contributed by atoms with E-state index in [4.69, 9.17) is 9.79 Å². The summed E-state index contributed by atoms with van der Waals surface area (Å²) in [6.07, 6.45) is 7.26. The van der Waals surface area contributed by atoms with Crippen LogP contribution < -0.4 is 0 Å². The third-order valence-electron chi connectivity index (χ3n) is 4.83. The lowest BCUT2D eigenvalue weighted by atomic mass is 10.0. The fourth-order valence-electron chi connectivity index (χ4n) is 3.30. The van der Waals surface area contributed by atoms with Crippen LogP contribution in [-0.4, -0.2) is 50.6 Å². The molecule has 0 radical (unpaired) electrons. The maximum Gasteiger partial charge on any atom is 0.325 e. The van der Waals surface area contributed by atoms with E-state index >= 15 is 0 Å². The number of aliphatic hydroxyl groups is 1. The third-order valence-corrected chi connectivity index (χ3v) is 5.73. The van der Waals surface area contributed by atoms with Crippen molar-refractivity contribution in [2.75, 3.05) is 12.7 Å². The summed E-state index contributed by atoms with van der Waals surface area (Å²) in [7, 11) is -3.98. The van der Waals surface area contributed by atoms with E-state index in [0.29, 0.717) is 32.2 Å². The van der Waals surface area contributed by atoms with Gasteiger partial charge in [0.15, 0.2) is 0 Å². The standard InChI is InChI=1S/C22H30NO5P/c24-21(18-19-10-4-3-5-11-19)15-14-20-12-6-7-13-22(25)23(20)16-8-1-2-9-17-29(26,27)28/h3-5,10-11,14-15,20-21,24H,2,6-7,9,12-13,16-18H2,(H2,26,27,28)/t20-,21?/m1/s1. The molecule has 1 aliphatic heterocycles. The Balaban J connectivity index is 1.92. The molecule has 2 atom stereocenters. The van der Waals surface area contributed by atoms with Crippen LogP contribution >= 0.6 is 7.60 Å². The van der Waals surface area contributed by atoms with E-state index in [2.05, 4.69) is 11.8 Å². The number of aliphatic hydroxyl groups excluding tert-OH is 1. The number of carbonyl (C=O) groups excluding carboxylic acids is 1. The van der Waals surface area contributed by atoms with Crippen LogP contribution in [0.25, 0.3) is 0 Å². The highest BCUT2D eigenvalue weighted by Crippen LogP contribution is 2.35. The Bertz CT molecular complexity index is 777. The van der Waals surface area contributed by atoms with Gasteiger partial charge in [0.05, 0.1) is 24.9 Å². The van der Waals surface area contributed by atoms with Gasteiger partial charge in [0.2, 0.25) is 5.91 Å². The van der Waals surface area contributed by atoms with E-state index in [0.717, 1.165) is 24.8 Å². The molecule has 0 aliphatic carbocycles. The second-order valence-electron chi connectivity index (χ2n) is 7.32. The van der Waals surface area contributed by atoms with Gasteiger partial charge in [0.25, 0.3) is 0 Å². The van der Waals surface area contributed by atoms with Gasteiger partial charge in [-0.15, -0.1) is 5.92 Å². The van der Waals surface area contributed by atoms with Gasteiger partial charge < -0.3 is 19.8 Å². The minimum atomic E-state index is -3.98. The lowest BCUT2D eigenvalue weighted by Gasteiger charge is -2.26. The number of likely N-dealkylation sites (tertiary alicyclic amines) is 1. The first-order valence-electron chi connectivity index (χ1n) is 10.1. The highest BCUT2D eigenvalue weighted by molar-refractivity contribution is 7.51. The minimum absolute atomic E-state index is 0.0548. The highest BCUT2D eigenvalue weighted by Gasteiger charge is 2.23. The summed E-state index contributed by atoms with van der Waals surface area (Å²) in [5.41, 5.74) is 1.06. The van der Waals surface area contributed by atoms with E-state index in [-0.39, 0.29) is 18.1 Å². The monoisotopic (exact) mass is 419 g/mol. The minimum Gasteiger partial charge on any atom is -0.389 e. The zero-order valence-corrected chi connectivity index (χ0v) is 17.5. The van der Waals surface area contributed by atoms with E-state index in [9.17, 15) is 14.5 Å². The number of hydrogen-bond acceptors (Lipinski definition) is 3. The predicted molar refractivity (Wildman–Crippen MR) is 113 cm³/mol. The largest absolute Gasteiger partial charge is 0.389 e. The number of benzene rings is 1. The van der Waals surface area contributed by atoms with Gasteiger partial charge in [-0.3, -0.25) is 9.36 Å². The summed E-state index contributed by atoms with van der Waals surface area (Å²) in [5, 5.41) is 10.3. The smallest absolute Gasteiger partial charge is 0.325 e. The molecule has 1 aromatic carbocycles. The van der Waals surface area contributed by atoms with Crippen LogP contribution in [0.1, 0.15) is 44.1 Å². The summed E-state index contributed by atoms with van der Waals surface area (Å²) in [6.45, 7) is 0.290. The molecule has 0 bridgehead atoms. The van der Waals surface area contributed by atoms with Crippen LogP contribution in [0.15, 0.2) is 42.5 Å². The van der Waals surface area contributed by atoms with Gasteiger partial charge >= 0.3 is 7.60 Å². The molecule has 0 aromatic heterocycles. The first-order chi connectivity index (χ1) is 13.8. The molecule has 158 valence electrons. The topological polar surface area (TPSA) is 98.1 Å². The average molecular weight is 419 g/mol. The fraction of sp³-hybridized carbons (Fsp3) is 0.500. The van der Waals surface area contributed by atoms with Gasteiger partial charge in [0.1, 0.15) is 0 Å². The molecule has 0 spiro atoms. The van der Waals surface area contributed by atoms with E-state index in [1.807, 2.05) is 36.4 Å². The van der Waals surface area contributed by atoms with Crippen molar-refractivity contribution in [1.29, 1.82) is 0 Å². The summed E-state index contributed by atoms with van der Waals surface area (Å²) >= 11 is 0. The second-order valence-corrected chi connectivity index (χ2v) is 9.10. The molecule has 1 saturated heterocycles. The summed E-state index contributed by atoms with van der Waals surface area (Å²) in [5.74, 6) is 5.92. The molecule has 1 heterocycles. The van der Waals surface area contributed by atoms with Crippen LogP contribution in [0.5, 0.6) is 0 Å². The van der Waals surface area contributed by atoms with Gasteiger partial charge in [-0.2, -0.15) is 0 Å². The van der Waals surface area contributed by atoms with Crippen LogP contribution in [0.4, 0.5) is 0 Å². The number of unbranched alkanes of at least 4 members (excludes halogenated alkanes) is 1. The Hall–Kier alpha value is -1.90. The maximum atomic E-state index is 12.5. The van der Waals surface area contributed by atoms with Gasteiger partial charge in [-0.05, 0) is 24.8 Å². The average Bonchev–Trinajstić information content (AvgIpc) is 2.84. The Morgan fingerprint density at radius 3 is 2.69 bits per heavy atom. The van der Waals surface area contributed by atoms with Crippen LogP contribution in [0, 0.1) is 11.8 Å². The molecule has 29 heavy (non-hydrogen) atoms. The fourth-order valence-corrected chi connectivity index (χ4v) is 3.87. The number of carbonyl (C=O) groups is 1. The normalized spacial score (nSPS) is 18.9. The molecule has 1 fully saturated rings. The van der Waals surface area contributed by atoms with Crippen LogP contribution in [-0.2, 0) is 15.8 Å². The third kappa shape index (κ3) is 9.43. The summed E-state index contributed by atoms with van der Waals surface area (Å²) in [6, 6.07) is 9.67. The predicted octanol–water partition coefficient (Wildman–Crippen LogP) is 2.88. The van der Waals surface area contributed by atoms with Crippen molar-refractivity contribution < 1.29 is 24.3 Å². The first-order valence-corrected chi connectivity index (χ1v) is 11.8. The molecule has 3 N–H and O–H groups in total. The number of rotatable bonds is 8. The molecular weight excluding hydrogens is 389 g/mol. The highest BCUT2D eigenvalue weighted by atomic mass is 31.2. The molecule has 2 rings (SSSR count). The number of nitrogens with zero attached hydrogens (tertiary/aromatic N) is 1. The molecular formula is C22H30NO5P. The van der Waals surface area contributed by atoms with Gasteiger partial charge in [-0.1, -0.05) is 54.8 Å². The zero-order chi connectivity index (χ0) is 21.1. The Morgan fingerprint density at radius 1 is 1.21 bits per heavy atom. The van der Waals surface area contributed by atoms with Gasteiger partial charge in [-0.25, -0.2) is 0 Å². The summed E-state index contributed by atoms with van der Waals surface area (Å²) < 4.78 is 10.8. The molecule has 1 amide bonds. The molecule has 1 aromatic rings. The molecule has 1 aliphatic rings. The lowest BCUT2D eigenvalue weighted by molar-refractivity contribution is -0.131. The van der Waals surface area contributed by atoms with Crippen molar-refractivity contribution in [2.24, 2.45) is 0 Å². The molecule has 0 saturated carbocycles. The number of amides is 1. The Kier molecular flexibility index (Phi) is 9.63. The number of hydrogen-bond donors (Lipinski definition) is 3. The van der Waals surface area contributed by atoms with Crippen molar-refractivity contribution in [2.45, 2.75) is 57.1 Å². The summed E-state index contributed by atoms with van der Waals surface area (Å²) in [4.78, 5) is 31.9. The first kappa shape index (κ1) is 23.4. The zero-order valence-electron chi connectivity index (χ0n) is 16.6. The van der Waals surface area contributed by atoms with E-state index in [1.54, 1.807) is 11.0 Å².